The lowest BCUT2D eigenvalue weighted by Gasteiger charge is -2.36. The standard InChI is InChI=1S/C30H33N3O2/c1-21(33-19-16-24(17-20-33)28(34)23-10-3-2-4-11-23)25-12-7-8-14-27(25)30(35)32-29-26-13-6-5-9-22(26)15-18-31-29/h2-4,7-8,10-12,14-15,18,21,24H,5-6,9,13,16-17,19-20H2,1H3,(H,31,32,35). The zero-order valence-electron chi connectivity index (χ0n) is 20.4. The van der Waals surface area contributed by atoms with Crippen molar-refractivity contribution < 1.29 is 9.59 Å². The van der Waals surface area contributed by atoms with Crippen LogP contribution in [0.25, 0.3) is 0 Å². The summed E-state index contributed by atoms with van der Waals surface area (Å²) < 4.78 is 0. The largest absolute Gasteiger partial charge is 0.306 e. The Hall–Kier alpha value is -3.31. The highest BCUT2D eigenvalue weighted by molar-refractivity contribution is 6.05. The molecule has 5 heteroatoms. The van der Waals surface area contributed by atoms with Gasteiger partial charge in [0.05, 0.1) is 0 Å². The Morgan fingerprint density at radius 2 is 1.66 bits per heavy atom. The van der Waals surface area contributed by atoms with Crippen molar-refractivity contribution in [1.82, 2.24) is 9.88 Å². The molecule has 5 nitrogen and oxygen atoms in total. The van der Waals surface area contributed by atoms with Gasteiger partial charge in [-0.1, -0.05) is 48.5 Å². The van der Waals surface area contributed by atoms with Crippen LogP contribution in [-0.4, -0.2) is 34.7 Å². The Kier molecular flexibility index (Phi) is 7.05. The van der Waals surface area contributed by atoms with E-state index >= 15 is 0 Å². The molecule has 2 heterocycles. The summed E-state index contributed by atoms with van der Waals surface area (Å²) in [6.45, 7) is 3.84. The molecule has 0 radical (unpaired) electrons. The van der Waals surface area contributed by atoms with Crippen molar-refractivity contribution in [2.75, 3.05) is 18.4 Å². The van der Waals surface area contributed by atoms with Gasteiger partial charge in [0.1, 0.15) is 5.82 Å². The third-order valence-corrected chi connectivity index (χ3v) is 7.67. The molecule has 0 spiro atoms. The van der Waals surface area contributed by atoms with E-state index in [4.69, 9.17) is 0 Å². The van der Waals surface area contributed by atoms with Gasteiger partial charge in [-0.2, -0.15) is 0 Å². The molecule has 2 aliphatic rings. The van der Waals surface area contributed by atoms with Gasteiger partial charge in [-0.25, -0.2) is 4.98 Å². The topological polar surface area (TPSA) is 62.3 Å². The van der Waals surface area contributed by atoms with Crippen molar-refractivity contribution in [3.8, 4) is 0 Å². The molecule has 1 N–H and O–H groups in total. The van der Waals surface area contributed by atoms with Crippen LogP contribution in [0, 0.1) is 5.92 Å². The number of amides is 1. The smallest absolute Gasteiger partial charge is 0.257 e. The van der Waals surface area contributed by atoms with Gasteiger partial charge >= 0.3 is 0 Å². The maximum atomic E-state index is 13.4. The third-order valence-electron chi connectivity index (χ3n) is 7.67. The number of piperidine rings is 1. The molecule has 0 saturated carbocycles. The SMILES string of the molecule is CC(c1ccccc1C(=O)Nc1nccc2c1CCCC2)N1CCC(C(=O)c2ccccc2)CC1. The highest BCUT2D eigenvalue weighted by Gasteiger charge is 2.29. The second-order valence-corrected chi connectivity index (χ2v) is 9.76. The van der Waals surface area contributed by atoms with Crippen LogP contribution >= 0.6 is 0 Å². The first-order valence-corrected chi connectivity index (χ1v) is 12.8. The summed E-state index contributed by atoms with van der Waals surface area (Å²) in [6.07, 6.45) is 7.83. The van der Waals surface area contributed by atoms with E-state index in [1.54, 1.807) is 6.20 Å². The maximum absolute atomic E-state index is 13.4. The van der Waals surface area contributed by atoms with E-state index in [1.165, 1.54) is 17.5 Å². The number of rotatable bonds is 6. The first kappa shape index (κ1) is 23.4. The molecular weight excluding hydrogens is 434 g/mol. The van der Waals surface area contributed by atoms with Gasteiger partial charge in [-0.05, 0) is 87.4 Å². The van der Waals surface area contributed by atoms with Crippen LogP contribution in [0.15, 0.2) is 66.9 Å². The van der Waals surface area contributed by atoms with Crippen molar-refractivity contribution >= 4 is 17.5 Å². The summed E-state index contributed by atoms with van der Waals surface area (Å²) in [5, 5.41) is 3.11. The third kappa shape index (κ3) is 5.06. The van der Waals surface area contributed by atoms with Crippen LogP contribution in [-0.2, 0) is 12.8 Å². The molecule has 35 heavy (non-hydrogen) atoms. The lowest BCUT2D eigenvalue weighted by Crippen LogP contribution is -2.38. The summed E-state index contributed by atoms with van der Waals surface area (Å²) in [5.74, 6) is 0.911. The molecule has 3 aromatic rings. The number of benzene rings is 2. The molecule has 1 aromatic heterocycles. The fourth-order valence-electron chi connectivity index (χ4n) is 5.60. The van der Waals surface area contributed by atoms with Crippen molar-refractivity contribution in [3.05, 3.63) is 94.7 Å². The van der Waals surface area contributed by atoms with Gasteiger partial charge < -0.3 is 5.32 Å². The van der Waals surface area contributed by atoms with Gasteiger partial charge in [-0.3, -0.25) is 14.5 Å². The Morgan fingerprint density at radius 1 is 0.943 bits per heavy atom. The Bertz CT molecular complexity index is 1200. The number of carbonyl (C=O) groups is 2. The molecule has 0 bridgehead atoms. The van der Waals surface area contributed by atoms with Gasteiger partial charge in [0.25, 0.3) is 5.91 Å². The monoisotopic (exact) mass is 467 g/mol. The molecule has 1 unspecified atom stereocenters. The predicted molar refractivity (Wildman–Crippen MR) is 139 cm³/mol. The molecule has 1 amide bonds. The van der Waals surface area contributed by atoms with E-state index in [9.17, 15) is 9.59 Å². The van der Waals surface area contributed by atoms with Gasteiger partial charge in [-0.15, -0.1) is 0 Å². The maximum Gasteiger partial charge on any atom is 0.257 e. The second kappa shape index (κ2) is 10.5. The number of pyridine rings is 1. The van der Waals surface area contributed by atoms with Crippen molar-refractivity contribution in [2.24, 2.45) is 5.92 Å². The van der Waals surface area contributed by atoms with Crippen molar-refractivity contribution in [1.29, 1.82) is 0 Å². The number of hydrogen-bond acceptors (Lipinski definition) is 4. The highest BCUT2D eigenvalue weighted by atomic mass is 16.1. The first-order valence-electron chi connectivity index (χ1n) is 12.8. The molecule has 180 valence electrons. The molecular formula is C30H33N3O2. The summed E-state index contributed by atoms with van der Waals surface area (Å²) in [6, 6.07) is 19.6. The number of nitrogens with zero attached hydrogens (tertiary/aromatic N) is 2. The van der Waals surface area contributed by atoms with E-state index in [0.29, 0.717) is 11.4 Å². The van der Waals surface area contributed by atoms with Crippen LogP contribution < -0.4 is 5.32 Å². The first-order chi connectivity index (χ1) is 17.1. The molecule has 5 rings (SSSR count). The Labute approximate surface area is 207 Å². The summed E-state index contributed by atoms with van der Waals surface area (Å²) in [7, 11) is 0. The van der Waals surface area contributed by atoms with Crippen LogP contribution in [0.4, 0.5) is 5.82 Å². The quantitative estimate of drug-likeness (QED) is 0.461. The van der Waals surface area contributed by atoms with Gasteiger partial charge in [0, 0.05) is 29.3 Å². The van der Waals surface area contributed by atoms with Crippen LogP contribution in [0.2, 0.25) is 0 Å². The van der Waals surface area contributed by atoms with Crippen molar-refractivity contribution in [2.45, 2.75) is 51.5 Å². The van der Waals surface area contributed by atoms with E-state index < -0.39 is 0 Å². The number of ketones is 1. The highest BCUT2D eigenvalue weighted by Crippen LogP contribution is 2.31. The molecule has 2 aromatic carbocycles. The minimum Gasteiger partial charge on any atom is -0.306 e. The average molecular weight is 468 g/mol. The number of likely N-dealkylation sites (tertiary alicyclic amines) is 1. The minimum atomic E-state index is -0.104. The molecule has 1 atom stereocenters. The average Bonchev–Trinajstić information content (AvgIpc) is 2.93. The summed E-state index contributed by atoms with van der Waals surface area (Å²) in [5.41, 5.74) is 5.00. The fraction of sp³-hybridized carbons (Fsp3) is 0.367. The Morgan fingerprint density at radius 3 is 2.46 bits per heavy atom. The lowest BCUT2D eigenvalue weighted by molar-refractivity contribution is 0.0801. The molecule has 1 aliphatic carbocycles. The minimum absolute atomic E-state index is 0.0646. The van der Waals surface area contributed by atoms with Gasteiger partial charge in [0.15, 0.2) is 5.78 Å². The molecule has 1 fully saturated rings. The number of nitrogens with one attached hydrogen (secondary N) is 1. The van der Waals surface area contributed by atoms with Gasteiger partial charge in [0.2, 0.25) is 0 Å². The number of hydrogen-bond donors (Lipinski definition) is 1. The molecule has 1 aliphatic heterocycles. The predicted octanol–water partition coefficient (Wildman–Crippen LogP) is 5.87. The zero-order valence-corrected chi connectivity index (χ0v) is 20.4. The van der Waals surface area contributed by atoms with E-state index in [0.717, 1.165) is 56.3 Å². The molecule has 1 saturated heterocycles. The fourth-order valence-corrected chi connectivity index (χ4v) is 5.60. The van der Waals surface area contributed by atoms with E-state index in [1.807, 2.05) is 48.5 Å². The van der Waals surface area contributed by atoms with Crippen molar-refractivity contribution in [3.63, 3.8) is 0 Å². The summed E-state index contributed by atoms with van der Waals surface area (Å²) >= 11 is 0. The second-order valence-electron chi connectivity index (χ2n) is 9.76. The van der Waals surface area contributed by atoms with E-state index in [2.05, 4.69) is 34.3 Å². The zero-order chi connectivity index (χ0) is 24.2. The summed E-state index contributed by atoms with van der Waals surface area (Å²) in [4.78, 5) is 33.2. The van der Waals surface area contributed by atoms with Crippen LogP contribution in [0.5, 0.6) is 0 Å². The van der Waals surface area contributed by atoms with Crippen LogP contribution in [0.3, 0.4) is 0 Å². The number of fused-ring (bicyclic) bond motifs is 1. The lowest BCUT2D eigenvalue weighted by atomic mass is 9.87. The van der Waals surface area contributed by atoms with E-state index in [-0.39, 0.29) is 23.7 Å². The Balaban J connectivity index is 1.28. The number of aromatic nitrogens is 1. The van der Waals surface area contributed by atoms with Crippen LogP contribution in [0.1, 0.15) is 76.1 Å². The number of anilines is 1. The number of Topliss-reactive ketones (excluding diaryl/α,β-unsaturated/α-hetero) is 1. The number of aryl methyl sites for hydroxylation is 1. The normalized spacial score (nSPS) is 17.4. The number of carbonyl (C=O) groups excluding carboxylic acids is 2.